The van der Waals surface area contributed by atoms with Crippen molar-refractivity contribution < 1.29 is 5.11 Å². The Morgan fingerprint density at radius 1 is 0.667 bits per heavy atom. The molecule has 0 unspecified atom stereocenters. The van der Waals surface area contributed by atoms with Gasteiger partial charge in [-0.25, -0.2) is 4.98 Å². The highest BCUT2D eigenvalue weighted by Crippen LogP contribution is 2.32. The van der Waals surface area contributed by atoms with E-state index in [-0.39, 0.29) is 16.6 Å². The van der Waals surface area contributed by atoms with Gasteiger partial charge in [-0.1, -0.05) is 90.1 Å². The Kier molecular flexibility index (Phi) is 6.88. The summed E-state index contributed by atoms with van der Waals surface area (Å²) in [6, 6.07) is 30.0. The molecule has 3 heteroatoms. The van der Waals surface area contributed by atoms with Crippen LogP contribution in [0.25, 0.3) is 22.3 Å². The molecular weight excluding hydrogens is 476 g/mol. The normalized spacial score (nSPS) is 12.3. The molecule has 0 atom stereocenters. The minimum atomic E-state index is 0.136. The minimum absolute atomic E-state index is 0.136. The second kappa shape index (κ2) is 10.0. The van der Waals surface area contributed by atoms with Crippen LogP contribution in [0.4, 0.5) is 0 Å². The first-order valence-electron chi connectivity index (χ1n) is 13.8. The summed E-state index contributed by atoms with van der Waals surface area (Å²) >= 11 is 0. The summed E-state index contributed by atoms with van der Waals surface area (Å²) in [6.45, 7) is 13.5. The molecule has 0 aliphatic carbocycles. The van der Waals surface area contributed by atoms with E-state index >= 15 is 0 Å². The molecule has 0 fully saturated rings. The third-order valence-corrected chi connectivity index (χ3v) is 7.72. The van der Waals surface area contributed by atoms with Gasteiger partial charge in [0.15, 0.2) is 0 Å². The molecule has 5 rings (SSSR count). The fourth-order valence-electron chi connectivity index (χ4n) is 5.23. The molecule has 0 aliphatic rings. The van der Waals surface area contributed by atoms with Crippen molar-refractivity contribution in [1.82, 2.24) is 9.55 Å². The molecule has 0 saturated heterocycles. The smallest absolute Gasteiger partial charge is 0.140 e. The van der Waals surface area contributed by atoms with E-state index in [4.69, 9.17) is 4.98 Å². The highest BCUT2D eigenvalue weighted by atomic mass is 16.3. The summed E-state index contributed by atoms with van der Waals surface area (Å²) in [5.74, 6) is 0.273. The number of aromatic hydroxyl groups is 1. The SMILES string of the molecule is Cn1c(-c2ccc(O)cc2)cc2c(Cc3ccc(C(C)(C)C)cc3)cc(Cc3ccc(C(C)(C)C)cc3)nc21. The monoisotopic (exact) mass is 516 g/mol. The highest BCUT2D eigenvalue weighted by molar-refractivity contribution is 5.87. The van der Waals surface area contributed by atoms with E-state index in [9.17, 15) is 5.11 Å². The predicted octanol–water partition coefficient (Wildman–Crippen LogP) is 8.72. The standard InChI is InChI=1S/C36H40N2O/c1-35(2,3)28-14-8-24(9-15-28)20-27-22-30(21-25-10-16-29(17-11-25)36(4,5)6)37-34-32(27)23-33(38(34)7)26-12-18-31(39)19-13-26/h8-19,22-23,39H,20-21H2,1-7H3. The predicted molar refractivity (Wildman–Crippen MR) is 164 cm³/mol. The molecule has 2 heterocycles. The zero-order valence-corrected chi connectivity index (χ0v) is 24.3. The largest absolute Gasteiger partial charge is 0.508 e. The fraction of sp³-hybridized carbons (Fsp3) is 0.306. The van der Waals surface area contributed by atoms with Gasteiger partial charge in [0.25, 0.3) is 0 Å². The molecule has 2 aromatic heterocycles. The first-order chi connectivity index (χ1) is 18.4. The van der Waals surface area contributed by atoms with Gasteiger partial charge in [0.1, 0.15) is 11.4 Å². The molecule has 0 aliphatic heterocycles. The lowest BCUT2D eigenvalue weighted by Gasteiger charge is -2.19. The van der Waals surface area contributed by atoms with Gasteiger partial charge < -0.3 is 9.67 Å². The number of aryl methyl sites for hydroxylation is 1. The van der Waals surface area contributed by atoms with Crippen molar-refractivity contribution in [2.45, 2.75) is 65.2 Å². The van der Waals surface area contributed by atoms with Crippen molar-refractivity contribution in [3.63, 3.8) is 0 Å². The molecule has 0 amide bonds. The van der Waals surface area contributed by atoms with Crippen LogP contribution in [0, 0.1) is 0 Å². The second-order valence-corrected chi connectivity index (χ2v) is 12.9. The van der Waals surface area contributed by atoms with E-state index in [1.54, 1.807) is 12.1 Å². The van der Waals surface area contributed by atoms with Crippen molar-refractivity contribution in [2.75, 3.05) is 0 Å². The van der Waals surface area contributed by atoms with Crippen LogP contribution in [0.1, 0.15) is 75.1 Å². The van der Waals surface area contributed by atoms with Crippen LogP contribution < -0.4 is 0 Å². The van der Waals surface area contributed by atoms with Crippen molar-refractivity contribution >= 4 is 11.0 Å². The van der Waals surface area contributed by atoms with Gasteiger partial charge in [0, 0.05) is 24.5 Å². The molecule has 0 saturated carbocycles. The van der Waals surface area contributed by atoms with Gasteiger partial charge in [0.2, 0.25) is 0 Å². The Labute approximate surface area is 233 Å². The maximum atomic E-state index is 9.81. The van der Waals surface area contributed by atoms with Crippen LogP contribution in [0.2, 0.25) is 0 Å². The minimum Gasteiger partial charge on any atom is -0.508 e. The number of rotatable bonds is 5. The third-order valence-electron chi connectivity index (χ3n) is 7.72. The summed E-state index contributed by atoms with van der Waals surface area (Å²) in [5, 5.41) is 11.0. The summed E-state index contributed by atoms with van der Waals surface area (Å²) in [7, 11) is 2.08. The Balaban J connectivity index is 1.57. The van der Waals surface area contributed by atoms with Crippen LogP contribution in [-0.4, -0.2) is 14.7 Å². The lowest BCUT2D eigenvalue weighted by Crippen LogP contribution is -2.10. The molecule has 3 aromatic carbocycles. The Morgan fingerprint density at radius 3 is 1.69 bits per heavy atom. The van der Waals surface area contributed by atoms with Crippen molar-refractivity contribution in [3.05, 3.63) is 118 Å². The van der Waals surface area contributed by atoms with Crippen molar-refractivity contribution in [1.29, 1.82) is 0 Å². The van der Waals surface area contributed by atoms with E-state index in [0.717, 1.165) is 35.4 Å². The van der Waals surface area contributed by atoms with Crippen LogP contribution in [-0.2, 0) is 30.7 Å². The molecule has 39 heavy (non-hydrogen) atoms. The maximum Gasteiger partial charge on any atom is 0.140 e. The van der Waals surface area contributed by atoms with Gasteiger partial charge >= 0.3 is 0 Å². The lowest BCUT2D eigenvalue weighted by atomic mass is 9.86. The van der Waals surface area contributed by atoms with Crippen LogP contribution >= 0.6 is 0 Å². The van der Waals surface area contributed by atoms with Crippen LogP contribution in [0.3, 0.4) is 0 Å². The Morgan fingerprint density at radius 2 is 1.18 bits per heavy atom. The van der Waals surface area contributed by atoms with E-state index in [2.05, 4.69) is 114 Å². The van der Waals surface area contributed by atoms with Crippen molar-refractivity contribution in [2.24, 2.45) is 7.05 Å². The average molecular weight is 517 g/mol. The topological polar surface area (TPSA) is 38.0 Å². The summed E-state index contributed by atoms with van der Waals surface area (Å²) < 4.78 is 2.18. The van der Waals surface area contributed by atoms with Crippen LogP contribution in [0.5, 0.6) is 5.75 Å². The summed E-state index contributed by atoms with van der Waals surface area (Å²) in [6.07, 6.45) is 1.63. The second-order valence-electron chi connectivity index (χ2n) is 12.9. The average Bonchev–Trinajstić information content (AvgIpc) is 3.21. The number of phenols is 1. The number of fused-ring (bicyclic) bond motifs is 1. The quantitative estimate of drug-likeness (QED) is 0.254. The zero-order chi connectivity index (χ0) is 27.9. The third kappa shape index (κ3) is 5.78. The van der Waals surface area contributed by atoms with Gasteiger partial charge in [0.05, 0.1) is 5.69 Å². The Bertz CT molecular complexity index is 1590. The number of phenolic OH excluding ortho intramolecular Hbond substituents is 1. The number of aromatic nitrogens is 2. The maximum absolute atomic E-state index is 9.81. The summed E-state index contributed by atoms with van der Waals surface area (Å²) in [5.41, 5.74) is 11.0. The fourth-order valence-corrected chi connectivity index (χ4v) is 5.23. The molecular formula is C36H40N2O. The highest BCUT2D eigenvalue weighted by Gasteiger charge is 2.17. The zero-order valence-electron chi connectivity index (χ0n) is 24.3. The van der Waals surface area contributed by atoms with Gasteiger partial charge in [-0.05, 0) is 87.0 Å². The number of benzene rings is 3. The number of pyridine rings is 1. The molecule has 3 nitrogen and oxygen atoms in total. The molecule has 0 bridgehead atoms. The van der Waals surface area contributed by atoms with E-state index < -0.39 is 0 Å². The summed E-state index contributed by atoms with van der Waals surface area (Å²) in [4.78, 5) is 5.17. The van der Waals surface area contributed by atoms with E-state index in [0.29, 0.717) is 0 Å². The molecule has 0 radical (unpaired) electrons. The number of hydrogen-bond acceptors (Lipinski definition) is 2. The van der Waals surface area contributed by atoms with Gasteiger partial charge in [-0.3, -0.25) is 0 Å². The van der Waals surface area contributed by atoms with Gasteiger partial charge in [-0.15, -0.1) is 0 Å². The first-order valence-corrected chi connectivity index (χ1v) is 13.8. The van der Waals surface area contributed by atoms with Crippen LogP contribution in [0.15, 0.2) is 84.9 Å². The van der Waals surface area contributed by atoms with Crippen molar-refractivity contribution in [3.8, 4) is 17.0 Å². The Hall–Kier alpha value is -3.85. The molecule has 5 aromatic rings. The molecule has 1 N–H and O–H groups in total. The lowest BCUT2D eigenvalue weighted by molar-refractivity contribution is 0.475. The van der Waals surface area contributed by atoms with E-state index in [1.807, 2.05) is 12.1 Å². The molecule has 0 spiro atoms. The first kappa shape index (κ1) is 26.7. The molecule has 200 valence electrons. The van der Waals surface area contributed by atoms with E-state index in [1.165, 1.54) is 33.2 Å². The number of nitrogens with zero attached hydrogens (tertiary/aromatic N) is 2. The number of hydrogen-bond donors (Lipinski definition) is 1. The van der Waals surface area contributed by atoms with Gasteiger partial charge in [-0.2, -0.15) is 0 Å².